The molecule has 0 radical (unpaired) electrons. The molecule has 0 fully saturated rings. The molecule has 4 rings (SSSR count). The largest absolute Gasteiger partial charge is 0.416 e. The molecule has 0 aromatic heterocycles. The van der Waals surface area contributed by atoms with E-state index in [9.17, 15) is 30.8 Å². The molecule has 226 valence electrons. The van der Waals surface area contributed by atoms with Gasteiger partial charge in [0.1, 0.15) is 5.82 Å². The molecule has 0 unspecified atom stereocenters. The van der Waals surface area contributed by atoms with Crippen LogP contribution in [-0.4, -0.2) is 34.6 Å². The molecule has 0 bridgehead atoms. The van der Waals surface area contributed by atoms with Crippen LogP contribution in [0.5, 0.6) is 0 Å². The van der Waals surface area contributed by atoms with Gasteiger partial charge in [0.05, 0.1) is 29.1 Å². The fraction of sp³-hybridized carbons (Fsp3) is 0.367. The standard InChI is InChI=1S/C30H33F4N3O4S/c1-41-15-14-35-19-20-8-13-26-22(16-20)4-2-7-27(26)36-29(38)18-28(21-9-11-24(31)12-10-21)37-42(39,40)25-6-3-5-23(17-25)30(32,33)34/h3,5-6,8-13,16-17,27-28,35,37H,2,4,7,14-15,18-19H2,1H3,(H,36,38)/t27-,28-/m1/s1. The van der Waals surface area contributed by atoms with Crippen molar-refractivity contribution in [3.8, 4) is 0 Å². The van der Waals surface area contributed by atoms with E-state index in [2.05, 4.69) is 21.4 Å². The quantitative estimate of drug-likeness (QED) is 0.195. The van der Waals surface area contributed by atoms with Gasteiger partial charge in [0, 0.05) is 26.6 Å². The molecule has 1 aliphatic carbocycles. The normalized spacial score (nSPS) is 16.1. The number of sulfonamides is 1. The molecule has 0 saturated carbocycles. The van der Waals surface area contributed by atoms with Crippen molar-refractivity contribution in [1.82, 2.24) is 15.4 Å². The number of rotatable bonds is 12. The maximum atomic E-state index is 13.6. The first-order valence-electron chi connectivity index (χ1n) is 13.5. The lowest BCUT2D eigenvalue weighted by molar-refractivity contribution is -0.137. The number of amides is 1. The summed E-state index contributed by atoms with van der Waals surface area (Å²) in [6.45, 7) is 2.01. The van der Waals surface area contributed by atoms with Crippen molar-refractivity contribution in [3.63, 3.8) is 0 Å². The molecule has 3 aromatic carbocycles. The number of carbonyl (C=O) groups excluding carboxylic acids is 1. The van der Waals surface area contributed by atoms with E-state index in [-0.39, 0.29) is 18.0 Å². The Kier molecular flexibility index (Phi) is 10.4. The van der Waals surface area contributed by atoms with E-state index in [1.807, 2.05) is 12.1 Å². The smallest absolute Gasteiger partial charge is 0.383 e. The van der Waals surface area contributed by atoms with E-state index in [0.717, 1.165) is 66.4 Å². The summed E-state index contributed by atoms with van der Waals surface area (Å²) >= 11 is 0. The van der Waals surface area contributed by atoms with Crippen molar-refractivity contribution in [2.75, 3.05) is 20.3 Å². The summed E-state index contributed by atoms with van der Waals surface area (Å²) < 4.78 is 87.0. The first-order chi connectivity index (χ1) is 20.0. The Balaban J connectivity index is 1.51. The van der Waals surface area contributed by atoms with Gasteiger partial charge < -0.3 is 15.4 Å². The number of methoxy groups -OCH3 is 1. The summed E-state index contributed by atoms with van der Waals surface area (Å²) in [5, 5.41) is 6.30. The van der Waals surface area contributed by atoms with Crippen LogP contribution >= 0.6 is 0 Å². The Bertz CT molecular complexity index is 1480. The molecular weight excluding hydrogens is 574 g/mol. The maximum Gasteiger partial charge on any atom is 0.416 e. The molecule has 3 N–H and O–H groups in total. The summed E-state index contributed by atoms with van der Waals surface area (Å²) in [5.41, 5.74) is 2.39. The summed E-state index contributed by atoms with van der Waals surface area (Å²) in [6, 6.07) is 12.9. The average molecular weight is 608 g/mol. The highest BCUT2D eigenvalue weighted by Gasteiger charge is 2.33. The van der Waals surface area contributed by atoms with Crippen LogP contribution in [0, 0.1) is 5.82 Å². The van der Waals surface area contributed by atoms with Crippen LogP contribution in [0.1, 0.15) is 59.2 Å². The van der Waals surface area contributed by atoms with Crippen LogP contribution < -0.4 is 15.4 Å². The second-order valence-corrected chi connectivity index (χ2v) is 11.9. The van der Waals surface area contributed by atoms with Crippen LogP contribution in [0.4, 0.5) is 17.6 Å². The van der Waals surface area contributed by atoms with E-state index in [1.165, 1.54) is 12.1 Å². The summed E-state index contributed by atoms with van der Waals surface area (Å²) in [6.07, 6.45) is -2.68. The highest BCUT2D eigenvalue weighted by Crippen LogP contribution is 2.32. The SMILES string of the molecule is COCCNCc1ccc2c(c1)CCC[C@H]2NC(=O)C[C@@H](NS(=O)(=O)c1cccc(C(F)(F)F)c1)c1ccc(F)cc1. The van der Waals surface area contributed by atoms with Crippen molar-refractivity contribution < 1.29 is 35.5 Å². The Labute approximate surface area is 242 Å². The molecule has 1 aliphatic rings. The van der Waals surface area contributed by atoms with Crippen LogP contribution in [0.3, 0.4) is 0 Å². The number of fused-ring (bicyclic) bond motifs is 1. The molecule has 7 nitrogen and oxygen atoms in total. The van der Waals surface area contributed by atoms with Crippen molar-refractivity contribution in [3.05, 3.63) is 100 Å². The van der Waals surface area contributed by atoms with Crippen LogP contribution in [0.2, 0.25) is 0 Å². The second kappa shape index (κ2) is 13.8. The minimum Gasteiger partial charge on any atom is -0.383 e. The van der Waals surface area contributed by atoms with Gasteiger partial charge in [-0.2, -0.15) is 13.2 Å². The number of hydrogen-bond donors (Lipinski definition) is 3. The number of halogens is 4. The van der Waals surface area contributed by atoms with Gasteiger partial charge >= 0.3 is 6.18 Å². The third-order valence-corrected chi connectivity index (χ3v) is 8.57. The number of benzene rings is 3. The van der Waals surface area contributed by atoms with Gasteiger partial charge in [0.2, 0.25) is 15.9 Å². The van der Waals surface area contributed by atoms with E-state index in [0.29, 0.717) is 25.6 Å². The highest BCUT2D eigenvalue weighted by molar-refractivity contribution is 7.89. The highest BCUT2D eigenvalue weighted by atomic mass is 32.2. The lowest BCUT2D eigenvalue weighted by atomic mass is 9.86. The fourth-order valence-electron chi connectivity index (χ4n) is 4.99. The monoisotopic (exact) mass is 607 g/mol. The fourth-order valence-corrected chi connectivity index (χ4v) is 6.26. The van der Waals surface area contributed by atoms with Gasteiger partial charge in [-0.05, 0) is 71.8 Å². The van der Waals surface area contributed by atoms with Gasteiger partial charge in [-0.3, -0.25) is 4.79 Å². The number of hydrogen-bond acceptors (Lipinski definition) is 5. The Morgan fingerprint density at radius 3 is 2.55 bits per heavy atom. The van der Waals surface area contributed by atoms with Gasteiger partial charge in [0.25, 0.3) is 0 Å². The molecule has 0 aliphatic heterocycles. The summed E-state index contributed by atoms with van der Waals surface area (Å²) in [4.78, 5) is 12.7. The molecule has 42 heavy (non-hydrogen) atoms. The first-order valence-corrected chi connectivity index (χ1v) is 15.0. The van der Waals surface area contributed by atoms with Crippen molar-refractivity contribution in [2.24, 2.45) is 0 Å². The third kappa shape index (κ3) is 8.37. The minimum absolute atomic E-state index is 0.286. The Morgan fingerprint density at radius 2 is 1.83 bits per heavy atom. The Hall–Kier alpha value is -3.32. The van der Waals surface area contributed by atoms with Crippen molar-refractivity contribution in [1.29, 1.82) is 0 Å². The van der Waals surface area contributed by atoms with Crippen LogP contribution in [0.15, 0.2) is 71.6 Å². The van der Waals surface area contributed by atoms with Gasteiger partial charge in [-0.1, -0.05) is 36.4 Å². The number of nitrogens with one attached hydrogen (secondary N) is 3. The van der Waals surface area contributed by atoms with E-state index in [4.69, 9.17) is 4.74 Å². The number of aryl methyl sites for hydroxylation is 1. The van der Waals surface area contributed by atoms with E-state index in [1.54, 1.807) is 7.11 Å². The zero-order chi connectivity index (χ0) is 30.3. The lowest BCUT2D eigenvalue weighted by Gasteiger charge is -2.28. The topological polar surface area (TPSA) is 96.5 Å². The zero-order valence-corrected chi connectivity index (χ0v) is 23.8. The van der Waals surface area contributed by atoms with Gasteiger partial charge in [-0.25, -0.2) is 17.5 Å². The molecule has 0 saturated heterocycles. The summed E-state index contributed by atoms with van der Waals surface area (Å²) in [5.74, 6) is -1.02. The zero-order valence-electron chi connectivity index (χ0n) is 23.0. The van der Waals surface area contributed by atoms with Gasteiger partial charge in [0.15, 0.2) is 0 Å². The molecule has 2 atom stereocenters. The molecule has 3 aromatic rings. The molecule has 12 heteroatoms. The van der Waals surface area contributed by atoms with Crippen LogP contribution in [0.25, 0.3) is 0 Å². The number of carbonyl (C=O) groups is 1. The summed E-state index contributed by atoms with van der Waals surface area (Å²) in [7, 11) is -2.84. The van der Waals surface area contributed by atoms with Crippen molar-refractivity contribution >= 4 is 15.9 Å². The average Bonchev–Trinajstić information content (AvgIpc) is 2.95. The number of alkyl halides is 3. The predicted molar refractivity (Wildman–Crippen MR) is 149 cm³/mol. The first kappa shape index (κ1) is 31.6. The molecule has 0 heterocycles. The van der Waals surface area contributed by atoms with Gasteiger partial charge in [-0.15, -0.1) is 0 Å². The second-order valence-electron chi connectivity index (χ2n) is 10.2. The lowest BCUT2D eigenvalue weighted by Crippen LogP contribution is -2.36. The Morgan fingerprint density at radius 1 is 1.07 bits per heavy atom. The van der Waals surface area contributed by atoms with Crippen molar-refractivity contribution in [2.45, 2.75) is 55.4 Å². The number of ether oxygens (including phenoxy) is 1. The third-order valence-electron chi connectivity index (χ3n) is 7.10. The predicted octanol–water partition coefficient (Wildman–Crippen LogP) is 5.18. The molecule has 0 spiro atoms. The molecular formula is C30H33F4N3O4S. The maximum absolute atomic E-state index is 13.6. The minimum atomic E-state index is -4.74. The van der Waals surface area contributed by atoms with Crippen LogP contribution in [-0.2, 0) is 38.7 Å². The molecule has 1 amide bonds. The van der Waals surface area contributed by atoms with E-state index < -0.39 is 44.4 Å². The van der Waals surface area contributed by atoms with E-state index >= 15 is 0 Å².